The molecule has 0 saturated heterocycles. The second-order valence-electron chi connectivity index (χ2n) is 6.03. The number of hydrogen-bond acceptors (Lipinski definition) is 2. The first-order valence-electron chi connectivity index (χ1n) is 8.08. The molecule has 0 aliphatic rings. The number of amides is 1. The van der Waals surface area contributed by atoms with E-state index in [1.54, 1.807) is 12.4 Å². The zero-order valence-electron chi connectivity index (χ0n) is 14.2. The maximum atomic E-state index is 12.9. The lowest BCUT2D eigenvalue weighted by Gasteiger charge is -2.22. The van der Waals surface area contributed by atoms with Crippen LogP contribution in [0.15, 0.2) is 71.5 Å². The molecule has 1 amide bonds. The van der Waals surface area contributed by atoms with Gasteiger partial charge in [-0.2, -0.15) is 0 Å². The van der Waals surface area contributed by atoms with Crippen LogP contribution in [0.5, 0.6) is 0 Å². The minimum atomic E-state index is -0.256. The quantitative estimate of drug-likeness (QED) is 0.677. The Balaban J connectivity index is 2.02. The van der Waals surface area contributed by atoms with Gasteiger partial charge in [-0.05, 0) is 64.7 Å². The van der Waals surface area contributed by atoms with Crippen LogP contribution in [0.1, 0.15) is 38.7 Å². The molecule has 0 aliphatic heterocycles. The second-order valence-corrected chi connectivity index (χ2v) is 6.89. The van der Waals surface area contributed by atoms with Gasteiger partial charge in [-0.25, -0.2) is 0 Å². The molecule has 0 radical (unpaired) electrons. The molecule has 1 N–H and O–H groups in total. The molecule has 0 fully saturated rings. The Bertz CT molecular complexity index is 893. The van der Waals surface area contributed by atoms with Crippen LogP contribution in [-0.2, 0) is 0 Å². The molecule has 1 aromatic heterocycles. The number of benzene rings is 2. The fraction of sp³-hybridized carbons (Fsp3) is 0.143. The fourth-order valence-corrected chi connectivity index (χ4v) is 3.28. The van der Waals surface area contributed by atoms with Crippen LogP contribution in [-0.4, -0.2) is 10.9 Å². The maximum Gasteiger partial charge on any atom is 0.253 e. The highest BCUT2D eigenvalue weighted by molar-refractivity contribution is 9.10. The van der Waals surface area contributed by atoms with Crippen LogP contribution < -0.4 is 5.32 Å². The van der Waals surface area contributed by atoms with E-state index in [0.29, 0.717) is 5.56 Å². The van der Waals surface area contributed by atoms with Crippen molar-refractivity contribution < 1.29 is 4.79 Å². The largest absolute Gasteiger partial charge is 0.341 e. The first-order valence-corrected chi connectivity index (χ1v) is 8.88. The number of halogens is 1. The van der Waals surface area contributed by atoms with E-state index >= 15 is 0 Å². The molecular weight excluding hydrogens is 376 g/mol. The molecule has 3 rings (SSSR count). The molecule has 25 heavy (non-hydrogen) atoms. The summed E-state index contributed by atoms with van der Waals surface area (Å²) in [6.45, 7) is 4.11. The molecule has 126 valence electrons. The number of nitrogens with one attached hydrogen (secondary N) is 1. The van der Waals surface area contributed by atoms with Crippen LogP contribution in [0.3, 0.4) is 0 Å². The number of carbonyl (C=O) groups excluding carboxylic acids is 1. The number of rotatable bonds is 4. The molecule has 1 heterocycles. The van der Waals surface area contributed by atoms with E-state index in [0.717, 1.165) is 26.7 Å². The van der Waals surface area contributed by atoms with Crippen molar-refractivity contribution in [1.29, 1.82) is 0 Å². The highest BCUT2D eigenvalue weighted by Crippen LogP contribution is 2.26. The third-order valence-corrected chi connectivity index (χ3v) is 4.85. The SMILES string of the molecule is Cc1ccc(C)c([C@H](NC(=O)c2ccccc2Br)c2cccnc2)c1. The predicted octanol–water partition coefficient (Wildman–Crippen LogP) is 4.98. The van der Waals surface area contributed by atoms with Crippen LogP contribution in [0.2, 0.25) is 0 Å². The summed E-state index contributed by atoms with van der Waals surface area (Å²) in [5, 5.41) is 3.17. The Morgan fingerprint density at radius 3 is 2.60 bits per heavy atom. The lowest BCUT2D eigenvalue weighted by molar-refractivity contribution is 0.0942. The van der Waals surface area contributed by atoms with Gasteiger partial charge in [0.2, 0.25) is 0 Å². The summed E-state index contributed by atoms with van der Waals surface area (Å²) in [6, 6.07) is 17.3. The molecule has 1 atom stereocenters. The Morgan fingerprint density at radius 2 is 1.88 bits per heavy atom. The summed E-state index contributed by atoms with van der Waals surface area (Å²) in [7, 11) is 0. The van der Waals surface area contributed by atoms with Gasteiger partial charge in [0, 0.05) is 16.9 Å². The van der Waals surface area contributed by atoms with E-state index in [2.05, 4.69) is 58.3 Å². The predicted molar refractivity (Wildman–Crippen MR) is 104 cm³/mol. The Morgan fingerprint density at radius 1 is 1.08 bits per heavy atom. The zero-order chi connectivity index (χ0) is 17.8. The third kappa shape index (κ3) is 3.97. The van der Waals surface area contributed by atoms with Crippen molar-refractivity contribution in [1.82, 2.24) is 10.3 Å². The van der Waals surface area contributed by atoms with Gasteiger partial charge in [0.05, 0.1) is 11.6 Å². The van der Waals surface area contributed by atoms with Crippen molar-refractivity contribution in [3.63, 3.8) is 0 Å². The van der Waals surface area contributed by atoms with Crippen molar-refractivity contribution in [2.75, 3.05) is 0 Å². The van der Waals surface area contributed by atoms with E-state index in [9.17, 15) is 4.79 Å². The van der Waals surface area contributed by atoms with Gasteiger partial charge in [0.1, 0.15) is 0 Å². The Labute approximate surface area is 156 Å². The molecule has 0 aliphatic carbocycles. The Kier molecular flexibility index (Phi) is 5.29. The number of carbonyl (C=O) groups is 1. The molecule has 0 saturated carbocycles. The number of aromatic nitrogens is 1. The Hall–Kier alpha value is -2.46. The van der Waals surface area contributed by atoms with Gasteiger partial charge < -0.3 is 5.32 Å². The first-order chi connectivity index (χ1) is 12.1. The van der Waals surface area contributed by atoms with Crippen LogP contribution in [0.4, 0.5) is 0 Å². The minimum Gasteiger partial charge on any atom is -0.341 e. The van der Waals surface area contributed by atoms with Crippen LogP contribution in [0.25, 0.3) is 0 Å². The molecule has 4 heteroatoms. The van der Waals surface area contributed by atoms with Gasteiger partial charge in [-0.15, -0.1) is 0 Å². The topological polar surface area (TPSA) is 42.0 Å². The van der Waals surface area contributed by atoms with E-state index in [-0.39, 0.29) is 11.9 Å². The minimum absolute atomic E-state index is 0.123. The summed E-state index contributed by atoms with van der Waals surface area (Å²) >= 11 is 3.45. The summed E-state index contributed by atoms with van der Waals surface area (Å²) in [5.41, 5.74) is 4.93. The van der Waals surface area contributed by atoms with Crippen molar-refractivity contribution >= 4 is 21.8 Å². The monoisotopic (exact) mass is 394 g/mol. The summed E-state index contributed by atoms with van der Waals surface area (Å²) in [5.74, 6) is -0.123. The maximum absolute atomic E-state index is 12.9. The molecule has 2 aromatic carbocycles. The lowest BCUT2D eigenvalue weighted by atomic mass is 9.94. The van der Waals surface area contributed by atoms with Gasteiger partial charge >= 0.3 is 0 Å². The highest BCUT2D eigenvalue weighted by Gasteiger charge is 2.21. The van der Waals surface area contributed by atoms with Gasteiger partial charge in [0.15, 0.2) is 0 Å². The van der Waals surface area contributed by atoms with E-state index in [1.165, 1.54) is 0 Å². The number of pyridine rings is 1. The van der Waals surface area contributed by atoms with Gasteiger partial charge in [0.25, 0.3) is 5.91 Å². The smallest absolute Gasteiger partial charge is 0.253 e. The molecule has 3 nitrogen and oxygen atoms in total. The second kappa shape index (κ2) is 7.62. The molecular formula is C21H19BrN2O. The van der Waals surface area contributed by atoms with E-state index in [1.807, 2.05) is 36.4 Å². The standard InChI is InChI=1S/C21H19BrN2O/c1-14-9-10-15(2)18(12-14)20(16-6-5-11-23-13-16)24-21(25)17-7-3-4-8-19(17)22/h3-13,20H,1-2H3,(H,24,25)/t20-/m1/s1. The van der Waals surface area contributed by atoms with Crippen molar-refractivity contribution in [2.24, 2.45) is 0 Å². The average molecular weight is 395 g/mol. The van der Waals surface area contributed by atoms with Crippen LogP contribution in [0, 0.1) is 13.8 Å². The third-order valence-electron chi connectivity index (χ3n) is 4.16. The van der Waals surface area contributed by atoms with E-state index in [4.69, 9.17) is 0 Å². The average Bonchev–Trinajstić information content (AvgIpc) is 2.63. The van der Waals surface area contributed by atoms with Crippen molar-refractivity contribution in [3.8, 4) is 0 Å². The van der Waals surface area contributed by atoms with Crippen LogP contribution >= 0.6 is 15.9 Å². The fourth-order valence-electron chi connectivity index (χ4n) is 2.81. The molecule has 3 aromatic rings. The lowest BCUT2D eigenvalue weighted by Crippen LogP contribution is -2.30. The van der Waals surface area contributed by atoms with Gasteiger partial charge in [-0.1, -0.05) is 42.0 Å². The summed E-state index contributed by atoms with van der Waals surface area (Å²) in [4.78, 5) is 17.1. The van der Waals surface area contributed by atoms with Crippen molar-refractivity contribution in [2.45, 2.75) is 19.9 Å². The molecule has 0 bridgehead atoms. The van der Waals surface area contributed by atoms with Gasteiger partial charge in [-0.3, -0.25) is 9.78 Å². The van der Waals surface area contributed by atoms with Crippen molar-refractivity contribution in [3.05, 3.63) is 99.3 Å². The number of nitrogens with zero attached hydrogens (tertiary/aromatic N) is 1. The normalized spacial score (nSPS) is 11.8. The first kappa shape index (κ1) is 17.4. The molecule has 0 unspecified atom stereocenters. The number of aryl methyl sites for hydroxylation is 2. The van der Waals surface area contributed by atoms with E-state index < -0.39 is 0 Å². The summed E-state index contributed by atoms with van der Waals surface area (Å²) < 4.78 is 0.776. The molecule has 0 spiro atoms. The number of hydrogen-bond donors (Lipinski definition) is 1. The zero-order valence-corrected chi connectivity index (χ0v) is 15.7. The summed E-state index contributed by atoms with van der Waals surface area (Å²) in [6.07, 6.45) is 3.53. The highest BCUT2D eigenvalue weighted by atomic mass is 79.9.